The van der Waals surface area contributed by atoms with Gasteiger partial charge in [-0.25, -0.2) is 4.98 Å². The molecule has 2 aromatic rings. The van der Waals surface area contributed by atoms with Crippen LogP contribution in [0.2, 0.25) is 0 Å². The van der Waals surface area contributed by atoms with Gasteiger partial charge >= 0.3 is 0 Å². The fraction of sp³-hybridized carbons (Fsp3) is 0.286. The molecular formula is C14H18N4. The van der Waals surface area contributed by atoms with Crippen molar-refractivity contribution < 1.29 is 0 Å². The smallest absolute Gasteiger partial charge is 0.130 e. The van der Waals surface area contributed by atoms with Crippen molar-refractivity contribution in [3.63, 3.8) is 0 Å². The topological polar surface area (TPSA) is 55.0 Å². The maximum atomic E-state index is 5.89. The van der Waals surface area contributed by atoms with Gasteiger partial charge in [0.2, 0.25) is 0 Å². The minimum absolute atomic E-state index is 0.788. The lowest BCUT2D eigenvalue weighted by Crippen LogP contribution is -2.21. The van der Waals surface area contributed by atoms with E-state index in [9.17, 15) is 0 Å². The number of rotatable bonds is 4. The van der Waals surface area contributed by atoms with Gasteiger partial charge < -0.3 is 10.6 Å². The van der Waals surface area contributed by atoms with Gasteiger partial charge in [-0.2, -0.15) is 0 Å². The van der Waals surface area contributed by atoms with E-state index in [-0.39, 0.29) is 0 Å². The van der Waals surface area contributed by atoms with Gasteiger partial charge in [0.15, 0.2) is 0 Å². The molecule has 0 aliphatic rings. The van der Waals surface area contributed by atoms with E-state index < -0.39 is 0 Å². The number of anilines is 2. The molecule has 0 spiro atoms. The highest BCUT2D eigenvalue weighted by Crippen LogP contribution is 2.16. The number of nitrogens with zero attached hydrogens (tertiary/aromatic N) is 3. The Morgan fingerprint density at radius 2 is 2.00 bits per heavy atom. The summed E-state index contributed by atoms with van der Waals surface area (Å²) < 4.78 is 0. The van der Waals surface area contributed by atoms with Gasteiger partial charge in [0.1, 0.15) is 5.82 Å². The van der Waals surface area contributed by atoms with Crippen LogP contribution < -0.4 is 10.6 Å². The van der Waals surface area contributed by atoms with E-state index in [0.717, 1.165) is 30.0 Å². The van der Waals surface area contributed by atoms with Gasteiger partial charge in [0.05, 0.1) is 0 Å². The number of aromatic nitrogens is 2. The minimum atomic E-state index is 0.788. The third-order valence-electron chi connectivity index (χ3n) is 3.01. The van der Waals surface area contributed by atoms with Crippen LogP contribution in [0.5, 0.6) is 0 Å². The summed E-state index contributed by atoms with van der Waals surface area (Å²) in [5, 5.41) is 0. The summed E-state index contributed by atoms with van der Waals surface area (Å²) in [6, 6.07) is 5.98. The van der Waals surface area contributed by atoms with Crippen LogP contribution >= 0.6 is 0 Å². The lowest BCUT2D eigenvalue weighted by atomic mass is 10.2. The molecule has 2 rings (SSSR count). The zero-order chi connectivity index (χ0) is 13.0. The summed E-state index contributed by atoms with van der Waals surface area (Å²) in [7, 11) is 2.03. The average molecular weight is 242 g/mol. The number of likely N-dealkylation sites (N-methyl/N-ethyl adjacent to an activating group) is 1. The highest BCUT2D eigenvalue weighted by molar-refractivity contribution is 5.54. The third-order valence-corrected chi connectivity index (χ3v) is 3.01. The number of nitrogen functional groups attached to an aromatic ring is 1. The van der Waals surface area contributed by atoms with Crippen molar-refractivity contribution in [2.24, 2.45) is 0 Å². The molecule has 4 heteroatoms. The normalized spacial score (nSPS) is 10.3. The summed E-state index contributed by atoms with van der Waals surface area (Å²) in [6.45, 7) is 2.86. The maximum Gasteiger partial charge on any atom is 0.130 e. The quantitative estimate of drug-likeness (QED) is 0.891. The van der Waals surface area contributed by atoms with E-state index in [1.807, 2.05) is 50.8 Å². The Hall–Kier alpha value is -2.10. The predicted molar refractivity (Wildman–Crippen MR) is 74.6 cm³/mol. The Bertz CT molecular complexity index is 510. The highest BCUT2D eigenvalue weighted by Gasteiger charge is 2.04. The molecule has 94 valence electrons. The maximum absolute atomic E-state index is 5.89. The number of hydrogen-bond acceptors (Lipinski definition) is 4. The molecule has 0 aliphatic carbocycles. The number of pyridine rings is 2. The molecule has 2 heterocycles. The van der Waals surface area contributed by atoms with Crippen molar-refractivity contribution in [1.82, 2.24) is 9.97 Å². The van der Waals surface area contributed by atoms with Crippen LogP contribution in [0.1, 0.15) is 11.1 Å². The molecule has 0 bridgehead atoms. The van der Waals surface area contributed by atoms with E-state index in [4.69, 9.17) is 5.73 Å². The lowest BCUT2D eigenvalue weighted by Gasteiger charge is -2.18. The van der Waals surface area contributed by atoms with Gasteiger partial charge in [-0.05, 0) is 36.6 Å². The summed E-state index contributed by atoms with van der Waals surface area (Å²) in [4.78, 5) is 10.5. The number of nitrogens with two attached hydrogens (primary N) is 1. The van der Waals surface area contributed by atoms with Gasteiger partial charge in [0, 0.05) is 43.9 Å². The molecule has 0 radical (unpaired) electrons. The Kier molecular flexibility index (Phi) is 3.77. The van der Waals surface area contributed by atoms with Gasteiger partial charge in [-0.1, -0.05) is 0 Å². The van der Waals surface area contributed by atoms with E-state index in [0.29, 0.717) is 0 Å². The Balaban J connectivity index is 1.99. The summed E-state index contributed by atoms with van der Waals surface area (Å²) in [5.74, 6) is 0.909. The molecule has 0 atom stereocenters. The van der Waals surface area contributed by atoms with E-state index in [2.05, 4.69) is 14.9 Å². The van der Waals surface area contributed by atoms with Crippen molar-refractivity contribution >= 4 is 11.5 Å². The van der Waals surface area contributed by atoms with Crippen LogP contribution in [0, 0.1) is 6.92 Å². The zero-order valence-corrected chi connectivity index (χ0v) is 10.8. The summed E-state index contributed by atoms with van der Waals surface area (Å²) in [5.41, 5.74) is 8.97. The van der Waals surface area contributed by atoms with Crippen LogP contribution in [0.25, 0.3) is 0 Å². The van der Waals surface area contributed by atoms with Crippen LogP contribution in [0.3, 0.4) is 0 Å². The standard InChI is InChI=1S/C14H18N4/c1-11-10-17-14(9-13(11)15)18(2)8-5-12-3-6-16-7-4-12/h3-4,6-7,9-10H,5,8H2,1-2H3,(H2,15,17). The second kappa shape index (κ2) is 5.49. The van der Waals surface area contributed by atoms with E-state index in [1.54, 1.807) is 0 Å². The van der Waals surface area contributed by atoms with Crippen molar-refractivity contribution in [3.8, 4) is 0 Å². The number of aryl methyl sites for hydroxylation is 1. The van der Waals surface area contributed by atoms with Crippen LogP contribution in [-0.2, 0) is 6.42 Å². The first-order valence-corrected chi connectivity index (χ1v) is 5.99. The summed E-state index contributed by atoms with van der Waals surface area (Å²) in [6.07, 6.45) is 6.41. The first-order chi connectivity index (χ1) is 8.66. The van der Waals surface area contributed by atoms with Crippen LogP contribution in [-0.4, -0.2) is 23.6 Å². The molecule has 0 amide bonds. The molecule has 2 N–H and O–H groups in total. The van der Waals surface area contributed by atoms with Crippen molar-refractivity contribution in [1.29, 1.82) is 0 Å². The lowest BCUT2D eigenvalue weighted by molar-refractivity contribution is 0.858. The molecule has 0 aliphatic heterocycles. The Morgan fingerprint density at radius 3 is 2.67 bits per heavy atom. The average Bonchev–Trinajstić information content (AvgIpc) is 2.40. The van der Waals surface area contributed by atoms with E-state index >= 15 is 0 Å². The fourth-order valence-electron chi connectivity index (χ4n) is 1.70. The monoisotopic (exact) mass is 242 g/mol. The molecule has 0 unspecified atom stereocenters. The largest absolute Gasteiger partial charge is 0.398 e. The van der Waals surface area contributed by atoms with Crippen LogP contribution in [0.15, 0.2) is 36.8 Å². The molecule has 0 fully saturated rings. The molecule has 4 nitrogen and oxygen atoms in total. The summed E-state index contributed by atoms with van der Waals surface area (Å²) >= 11 is 0. The molecule has 0 saturated heterocycles. The fourth-order valence-corrected chi connectivity index (χ4v) is 1.70. The van der Waals surface area contributed by atoms with E-state index in [1.165, 1.54) is 5.56 Å². The second-order valence-electron chi connectivity index (χ2n) is 4.43. The molecule has 0 aromatic carbocycles. The molecule has 18 heavy (non-hydrogen) atoms. The van der Waals surface area contributed by atoms with Crippen molar-refractivity contribution in [2.45, 2.75) is 13.3 Å². The van der Waals surface area contributed by atoms with Crippen molar-refractivity contribution in [2.75, 3.05) is 24.2 Å². The molecule has 2 aromatic heterocycles. The van der Waals surface area contributed by atoms with Gasteiger partial charge in [0.25, 0.3) is 0 Å². The first-order valence-electron chi connectivity index (χ1n) is 5.99. The van der Waals surface area contributed by atoms with Crippen LogP contribution in [0.4, 0.5) is 11.5 Å². The molecule has 0 saturated carbocycles. The first kappa shape index (κ1) is 12.4. The van der Waals surface area contributed by atoms with Gasteiger partial charge in [-0.3, -0.25) is 4.98 Å². The molecular weight excluding hydrogens is 224 g/mol. The highest BCUT2D eigenvalue weighted by atomic mass is 15.2. The SMILES string of the molecule is Cc1cnc(N(C)CCc2ccncc2)cc1N. The second-order valence-corrected chi connectivity index (χ2v) is 4.43. The predicted octanol–water partition coefficient (Wildman–Crippen LogP) is 2.05. The Labute approximate surface area is 107 Å². The third kappa shape index (κ3) is 2.97. The minimum Gasteiger partial charge on any atom is -0.398 e. The van der Waals surface area contributed by atoms with Crippen molar-refractivity contribution in [3.05, 3.63) is 47.9 Å². The Morgan fingerprint density at radius 1 is 1.28 bits per heavy atom. The van der Waals surface area contributed by atoms with Gasteiger partial charge in [-0.15, -0.1) is 0 Å². The zero-order valence-electron chi connectivity index (χ0n) is 10.8. The number of hydrogen-bond donors (Lipinski definition) is 1.